The van der Waals surface area contributed by atoms with Crippen molar-refractivity contribution < 1.29 is 0 Å². The molecule has 3 heterocycles. The highest BCUT2D eigenvalue weighted by atomic mass is 35.5. The first kappa shape index (κ1) is 16.6. The smallest absolute Gasteiger partial charge is 0.143 e. The van der Waals surface area contributed by atoms with Gasteiger partial charge < -0.3 is 10.3 Å². The van der Waals surface area contributed by atoms with Crippen molar-refractivity contribution in [2.75, 3.05) is 18.4 Å². The van der Waals surface area contributed by atoms with Crippen LogP contribution in [-0.4, -0.2) is 32.9 Å². The lowest BCUT2D eigenvalue weighted by Crippen LogP contribution is -2.29. The summed E-state index contributed by atoms with van der Waals surface area (Å²) in [5.41, 5.74) is 2.89. The maximum absolute atomic E-state index is 6.12. The summed E-state index contributed by atoms with van der Waals surface area (Å²) in [4.78, 5) is 14.5. The van der Waals surface area contributed by atoms with E-state index in [1.165, 1.54) is 24.8 Å². The van der Waals surface area contributed by atoms with Gasteiger partial charge in [-0.15, -0.1) is 0 Å². The Morgan fingerprint density at radius 2 is 1.92 bits per heavy atom. The molecular weight excluding hydrogens is 357 g/mol. The molecule has 0 radical (unpaired) electrons. The third-order valence-electron chi connectivity index (χ3n) is 4.58. The molecule has 5 nitrogen and oxygen atoms in total. The Morgan fingerprint density at radius 1 is 1.08 bits per heavy atom. The highest BCUT2D eigenvalue weighted by Crippen LogP contribution is 2.30. The summed E-state index contributed by atoms with van der Waals surface area (Å²) in [6.45, 7) is 3.20. The van der Waals surface area contributed by atoms with E-state index in [-0.39, 0.29) is 0 Å². The Labute approximate surface area is 156 Å². The molecule has 0 aliphatic carbocycles. The molecule has 2 N–H and O–H groups in total. The Kier molecular flexibility index (Phi) is 4.79. The van der Waals surface area contributed by atoms with E-state index in [4.69, 9.17) is 23.2 Å². The highest BCUT2D eigenvalue weighted by Gasteiger charge is 2.16. The van der Waals surface area contributed by atoms with E-state index in [0.29, 0.717) is 10.0 Å². The van der Waals surface area contributed by atoms with Crippen LogP contribution in [0.4, 0.5) is 11.5 Å². The van der Waals surface area contributed by atoms with Crippen molar-refractivity contribution in [1.29, 1.82) is 0 Å². The molecule has 25 heavy (non-hydrogen) atoms. The molecule has 0 atom stereocenters. The summed E-state index contributed by atoms with van der Waals surface area (Å²) >= 11 is 12.1. The zero-order valence-corrected chi connectivity index (χ0v) is 15.2. The molecule has 0 bridgehead atoms. The number of piperidine rings is 1. The van der Waals surface area contributed by atoms with Gasteiger partial charge in [0.1, 0.15) is 17.8 Å². The number of hydrogen-bond acceptors (Lipinski definition) is 4. The molecule has 1 aliphatic rings. The Bertz CT molecular complexity index is 886. The van der Waals surface area contributed by atoms with Gasteiger partial charge in [-0.3, -0.25) is 4.90 Å². The number of H-pyrrole nitrogens is 1. The van der Waals surface area contributed by atoms with Crippen molar-refractivity contribution in [3.8, 4) is 0 Å². The predicted molar refractivity (Wildman–Crippen MR) is 103 cm³/mol. The third kappa shape index (κ3) is 3.59. The van der Waals surface area contributed by atoms with E-state index in [9.17, 15) is 0 Å². The van der Waals surface area contributed by atoms with Crippen molar-refractivity contribution in [3.63, 3.8) is 0 Å². The average molecular weight is 376 g/mol. The van der Waals surface area contributed by atoms with Gasteiger partial charge >= 0.3 is 0 Å². The van der Waals surface area contributed by atoms with Gasteiger partial charge in [-0.1, -0.05) is 29.6 Å². The molecule has 0 amide bonds. The van der Waals surface area contributed by atoms with Crippen molar-refractivity contribution in [2.45, 2.75) is 25.8 Å². The lowest BCUT2D eigenvalue weighted by Gasteiger charge is -2.26. The van der Waals surface area contributed by atoms with Gasteiger partial charge in [-0.25, -0.2) is 9.97 Å². The minimum atomic E-state index is 0.513. The number of fused-ring (bicyclic) bond motifs is 1. The summed E-state index contributed by atoms with van der Waals surface area (Å²) in [6.07, 6.45) is 7.47. The van der Waals surface area contributed by atoms with Crippen LogP contribution in [0, 0.1) is 0 Å². The summed E-state index contributed by atoms with van der Waals surface area (Å²) in [6, 6.07) is 5.46. The molecular formula is C18H19Cl2N5. The van der Waals surface area contributed by atoms with Crippen molar-refractivity contribution in [3.05, 3.63) is 46.3 Å². The molecule has 4 rings (SSSR count). The van der Waals surface area contributed by atoms with Crippen LogP contribution in [0.3, 0.4) is 0 Å². The van der Waals surface area contributed by atoms with E-state index >= 15 is 0 Å². The molecule has 0 unspecified atom stereocenters. The second kappa shape index (κ2) is 7.20. The Balaban J connectivity index is 1.65. The molecule has 3 aromatic rings. The van der Waals surface area contributed by atoms with E-state index in [2.05, 4.69) is 25.2 Å². The molecule has 1 saturated heterocycles. The molecule has 1 aromatic carbocycles. The lowest BCUT2D eigenvalue weighted by atomic mass is 10.1. The number of anilines is 2. The number of halogens is 2. The lowest BCUT2D eigenvalue weighted by molar-refractivity contribution is 0.221. The van der Waals surface area contributed by atoms with Gasteiger partial charge in [0, 0.05) is 18.4 Å². The molecule has 130 valence electrons. The van der Waals surface area contributed by atoms with Gasteiger partial charge in [-0.2, -0.15) is 0 Å². The first-order chi connectivity index (χ1) is 12.2. The zero-order valence-electron chi connectivity index (χ0n) is 13.7. The van der Waals surface area contributed by atoms with E-state index < -0.39 is 0 Å². The minimum Gasteiger partial charge on any atom is -0.346 e. The van der Waals surface area contributed by atoms with E-state index in [1.807, 2.05) is 12.3 Å². The maximum Gasteiger partial charge on any atom is 0.143 e. The van der Waals surface area contributed by atoms with Crippen LogP contribution in [0.25, 0.3) is 11.0 Å². The van der Waals surface area contributed by atoms with E-state index in [0.717, 1.165) is 42.2 Å². The Hall–Kier alpha value is -1.82. The number of benzene rings is 1. The number of nitrogens with zero attached hydrogens (tertiary/aromatic N) is 3. The number of aromatic amines is 1. The van der Waals surface area contributed by atoms with Crippen LogP contribution in [-0.2, 0) is 6.54 Å². The van der Waals surface area contributed by atoms with Gasteiger partial charge in [0.05, 0.1) is 15.4 Å². The number of hydrogen-bond donors (Lipinski definition) is 2. The summed E-state index contributed by atoms with van der Waals surface area (Å²) in [5, 5.41) is 5.42. The molecule has 0 spiro atoms. The van der Waals surface area contributed by atoms with Crippen LogP contribution in [0.2, 0.25) is 10.0 Å². The fourth-order valence-electron chi connectivity index (χ4n) is 3.32. The normalized spacial score (nSPS) is 15.6. The fourth-order valence-corrected chi connectivity index (χ4v) is 3.61. The fraction of sp³-hybridized carbons (Fsp3) is 0.333. The van der Waals surface area contributed by atoms with Crippen LogP contribution in [0.1, 0.15) is 24.8 Å². The first-order valence-corrected chi connectivity index (χ1v) is 9.22. The zero-order chi connectivity index (χ0) is 17.2. The maximum atomic E-state index is 6.12. The quantitative estimate of drug-likeness (QED) is 0.673. The second-order valence-electron chi connectivity index (χ2n) is 6.35. The highest BCUT2D eigenvalue weighted by molar-refractivity contribution is 6.42. The van der Waals surface area contributed by atoms with Crippen molar-refractivity contribution in [2.24, 2.45) is 0 Å². The van der Waals surface area contributed by atoms with Crippen LogP contribution in [0.15, 0.2) is 30.7 Å². The number of aromatic nitrogens is 3. The van der Waals surface area contributed by atoms with Crippen molar-refractivity contribution >= 4 is 45.7 Å². The van der Waals surface area contributed by atoms with Crippen LogP contribution in [0.5, 0.6) is 0 Å². The topological polar surface area (TPSA) is 56.8 Å². The Morgan fingerprint density at radius 3 is 2.72 bits per heavy atom. The molecule has 1 aliphatic heterocycles. The van der Waals surface area contributed by atoms with E-state index in [1.54, 1.807) is 18.5 Å². The first-order valence-electron chi connectivity index (χ1n) is 8.46. The van der Waals surface area contributed by atoms with Gasteiger partial charge in [-0.05, 0) is 49.7 Å². The van der Waals surface area contributed by atoms with Crippen LogP contribution >= 0.6 is 23.2 Å². The van der Waals surface area contributed by atoms with Crippen LogP contribution < -0.4 is 5.32 Å². The minimum absolute atomic E-state index is 0.513. The van der Waals surface area contributed by atoms with Gasteiger partial charge in [0.2, 0.25) is 0 Å². The number of nitrogens with one attached hydrogen (secondary N) is 2. The SMILES string of the molecule is Clc1ccc(Nc2ncnc3[nH]cc(CN4CCCCC4)c23)cc1Cl. The predicted octanol–water partition coefficient (Wildman–Crippen LogP) is 4.99. The molecule has 7 heteroatoms. The number of likely N-dealkylation sites (tertiary alicyclic amines) is 1. The molecule has 0 saturated carbocycles. The summed E-state index contributed by atoms with van der Waals surface area (Å²) in [7, 11) is 0. The standard InChI is InChI=1S/C18H19Cl2N5/c19-14-5-4-13(8-15(14)20)24-18-16-12(9-21-17(16)22-11-23-18)10-25-6-2-1-3-7-25/h4-5,8-9,11H,1-3,6-7,10H2,(H2,21,22,23,24). The summed E-state index contributed by atoms with van der Waals surface area (Å²) < 4.78 is 0. The average Bonchev–Trinajstić information content (AvgIpc) is 3.03. The van der Waals surface area contributed by atoms with Gasteiger partial charge in [0.25, 0.3) is 0 Å². The largest absolute Gasteiger partial charge is 0.346 e. The second-order valence-corrected chi connectivity index (χ2v) is 7.16. The molecule has 1 fully saturated rings. The third-order valence-corrected chi connectivity index (χ3v) is 5.32. The number of rotatable bonds is 4. The van der Waals surface area contributed by atoms with Gasteiger partial charge in [0.15, 0.2) is 0 Å². The monoisotopic (exact) mass is 375 g/mol. The molecule has 2 aromatic heterocycles. The summed E-state index contributed by atoms with van der Waals surface area (Å²) in [5.74, 6) is 0.775. The van der Waals surface area contributed by atoms with Crippen molar-refractivity contribution in [1.82, 2.24) is 19.9 Å².